The highest BCUT2D eigenvalue weighted by atomic mass is 32.1. The van der Waals surface area contributed by atoms with E-state index in [0.717, 1.165) is 23.3 Å². The van der Waals surface area contributed by atoms with E-state index < -0.39 is 23.8 Å². The first kappa shape index (κ1) is 21.3. The molecule has 6 nitrogen and oxygen atoms in total. The van der Waals surface area contributed by atoms with Gasteiger partial charge in [0.2, 0.25) is 5.91 Å². The monoisotopic (exact) mass is 439 g/mol. The first-order chi connectivity index (χ1) is 15.0. The van der Waals surface area contributed by atoms with Crippen molar-refractivity contribution in [1.29, 1.82) is 0 Å². The predicted octanol–water partition coefficient (Wildman–Crippen LogP) is 4.37. The number of esters is 1. The lowest BCUT2D eigenvalue weighted by Crippen LogP contribution is -2.47. The Bertz CT molecular complexity index is 1010. The van der Waals surface area contributed by atoms with Crippen molar-refractivity contribution >= 4 is 34.2 Å². The number of carbonyl (C=O) groups is 3. The van der Waals surface area contributed by atoms with Crippen molar-refractivity contribution in [2.24, 2.45) is 23.7 Å². The average Bonchev–Trinajstić information content (AvgIpc) is 3.16. The van der Waals surface area contributed by atoms with Crippen molar-refractivity contribution in [3.05, 3.63) is 64.6 Å². The summed E-state index contributed by atoms with van der Waals surface area (Å²) in [6.45, 7) is 1.96. The van der Waals surface area contributed by atoms with Gasteiger partial charge < -0.3 is 15.2 Å². The van der Waals surface area contributed by atoms with Gasteiger partial charge in [0.15, 0.2) is 0 Å². The molecule has 1 heterocycles. The number of allylic oxidation sites excluding steroid dienone is 2. The van der Waals surface area contributed by atoms with E-state index in [9.17, 15) is 19.5 Å². The Morgan fingerprint density at radius 2 is 1.77 bits per heavy atom. The molecule has 1 saturated carbocycles. The average molecular weight is 440 g/mol. The molecule has 3 aliphatic carbocycles. The van der Waals surface area contributed by atoms with Crippen molar-refractivity contribution < 1.29 is 24.2 Å². The van der Waals surface area contributed by atoms with E-state index in [1.807, 2.05) is 42.5 Å². The topological polar surface area (TPSA) is 92.7 Å². The summed E-state index contributed by atoms with van der Waals surface area (Å²) in [4.78, 5) is 38.6. The number of fused-ring (bicyclic) bond motifs is 2. The molecule has 2 bridgehead atoms. The van der Waals surface area contributed by atoms with Crippen LogP contribution < -0.4 is 5.32 Å². The first-order valence-electron chi connectivity index (χ1n) is 10.5. The Balaban J connectivity index is 1.60. The van der Waals surface area contributed by atoms with Gasteiger partial charge in [-0.15, -0.1) is 11.3 Å². The van der Waals surface area contributed by atoms with Crippen molar-refractivity contribution in [2.75, 3.05) is 11.9 Å². The molecule has 0 radical (unpaired) electrons. The molecule has 0 aliphatic heterocycles. The van der Waals surface area contributed by atoms with E-state index in [2.05, 4.69) is 5.32 Å². The molecule has 1 aromatic heterocycles. The van der Waals surface area contributed by atoms with Gasteiger partial charge in [-0.1, -0.05) is 42.5 Å². The van der Waals surface area contributed by atoms with E-state index in [1.54, 1.807) is 13.0 Å². The molecule has 4 atom stereocenters. The fraction of sp³-hybridized carbons (Fsp3) is 0.375. The largest absolute Gasteiger partial charge is 0.481 e. The van der Waals surface area contributed by atoms with Gasteiger partial charge in [-0.25, -0.2) is 4.79 Å². The van der Waals surface area contributed by atoms with E-state index in [1.165, 1.54) is 11.3 Å². The fourth-order valence-electron chi connectivity index (χ4n) is 4.66. The number of nitrogens with one attached hydrogen (secondary N) is 1. The molecule has 2 aromatic rings. The summed E-state index contributed by atoms with van der Waals surface area (Å²) in [6.07, 6.45) is 6.12. The normalized spacial score (nSPS) is 24.0. The Morgan fingerprint density at radius 3 is 2.39 bits per heavy atom. The van der Waals surface area contributed by atoms with Crippen molar-refractivity contribution in [2.45, 2.75) is 26.2 Å². The highest BCUT2D eigenvalue weighted by Gasteiger charge is 2.48. The Kier molecular flexibility index (Phi) is 6.23. The number of thiophene rings is 1. The van der Waals surface area contributed by atoms with Crippen LogP contribution in [0.5, 0.6) is 0 Å². The summed E-state index contributed by atoms with van der Waals surface area (Å²) in [5, 5.41) is 13.0. The number of anilines is 1. The summed E-state index contributed by atoms with van der Waals surface area (Å²) < 4.78 is 5.18. The number of ether oxygens (including phenoxy) is 1. The van der Waals surface area contributed by atoms with Crippen molar-refractivity contribution in [3.8, 4) is 0 Å². The lowest BCUT2D eigenvalue weighted by Gasteiger charge is -2.41. The predicted molar refractivity (Wildman–Crippen MR) is 118 cm³/mol. The third kappa shape index (κ3) is 4.42. The molecule has 0 spiro atoms. The second kappa shape index (κ2) is 9.06. The molecule has 3 aliphatic rings. The summed E-state index contributed by atoms with van der Waals surface area (Å²) in [5.74, 6) is -3.38. The van der Waals surface area contributed by atoms with Gasteiger partial charge in [0.25, 0.3) is 0 Å². The standard InChI is InChI=1S/C24H25NO5S/c1-2-30-24(29)18-13-17(12-14-6-4-3-5-7-14)31-22(18)25-21(26)19-15-8-10-16(11-9-15)20(19)23(27)28/h3-8,10,13,15-16,19-20H,2,9,11-12H2,1H3,(H,25,26)(H,27,28)/t15-,16+,19+,20+/m1/s1. The molecule has 1 amide bonds. The number of rotatable bonds is 7. The van der Waals surface area contributed by atoms with Crippen molar-refractivity contribution in [1.82, 2.24) is 0 Å². The molecular formula is C24H25NO5S. The van der Waals surface area contributed by atoms with Gasteiger partial charge in [0, 0.05) is 11.3 Å². The zero-order valence-electron chi connectivity index (χ0n) is 17.2. The maximum Gasteiger partial charge on any atom is 0.341 e. The molecule has 162 valence electrons. The summed E-state index contributed by atoms with van der Waals surface area (Å²) >= 11 is 1.33. The fourth-order valence-corrected chi connectivity index (χ4v) is 5.74. The molecule has 1 aromatic carbocycles. The van der Waals surface area contributed by atoms with Crippen molar-refractivity contribution in [3.63, 3.8) is 0 Å². The second-order valence-electron chi connectivity index (χ2n) is 8.01. The summed E-state index contributed by atoms with van der Waals surface area (Å²) in [6, 6.07) is 11.6. The van der Waals surface area contributed by atoms with Crippen LogP contribution in [0.15, 0.2) is 48.6 Å². The maximum atomic E-state index is 13.2. The van der Waals surface area contributed by atoms with Crippen LogP contribution in [0, 0.1) is 23.7 Å². The molecular weight excluding hydrogens is 414 g/mol. The number of aliphatic carboxylic acids is 1. The lowest BCUT2D eigenvalue weighted by atomic mass is 9.62. The number of benzene rings is 1. The molecule has 5 rings (SSSR count). The molecule has 2 N–H and O–H groups in total. The summed E-state index contributed by atoms with van der Waals surface area (Å²) in [7, 11) is 0. The quantitative estimate of drug-likeness (QED) is 0.494. The first-order valence-corrected chi connectivity index (χ1v) is 11.3. The van der Waals surface area contributed by atoms with Crippen LogP contribution in [0.2, 0.25) is 0 Å². The Hall–Kier alpha value is -2.93. The molecule has 7 heteroatoms. The Morgan fingerprint density at radius 1 is 1.10 bits per heavy atom. The number of carboxylic acid groups (broad SMARTS) is 1. The minimum Gasteiger partial charge on any atom is -0.481 e. The van der Waals surface area contributed by atoms with E-state index >= 15 is 0 Å². The van der Waals surface area contributed by atoms with Crippen LogP contribution in [-0.4, -0.2) is 29.6 Å². The van der Waals surface area contributed by atoms with Crippen LogP contribution in [0.3, 0.4) is 0 Å². The Labute approximate surface area is 184 Å². The minimum atomic E-state index is -0.944. The molecule has 31 heavy (non-hydrogen) atoms. The highest BCUT2D eigenvalue weighted by molar-refractivity contribution is 7.16. The number of carbonyl (C=O) groups excluding carboxylic acids is 2. The van der Waals surface area contributed by atoms with Gasteiger partial charge in [0.05, 0.1) is 24.0 Å². The van der Waals surface area contributed by atoms with Gasteiger partial charge in [-0.3, -0.25) is 9.59 Å². The minimum absolute atomic E-state index is 0.0964. The second-order valence-corrected chi connectivity index (χ2v) is 9.14. The van der Waals surface area contributed by atoms with Gasteiger partial charge in [-0.2, -0.15) is 0 Å². The van der Waals surface area contributed by atoms with E-state index in [-0.39, 0.29) is 24.3 Å². The zero-order chi connectivity index (χ0) is 22.0. The molecule has 1 fully saturated rings. The van der Waals surface area contributed by atoms with Gasteiger partial charge >= 0.3 is 11.9 Å². The SMILES string of the molecule is CCOC(=O)c1cc(Cc2ccccc2)sc1NC(=O)[C@@H]1[C@@H](C(=O)O)[C@H]2C=C[C@@H]1CC2. The highest BCUT2D eigenvalue weighted by Crippen LogP contribution is 2.45. The number of hydrogen-bond donors (Lipinski definition) is 2. The molecule has 0 unspecified atom stereocenters. The van der Waals surface area contributed by atoms with E-state index in [4.69, 9.17) is 4.74 Å². The number of carboxylic acids is 1. The number of hydrogen-bond acceptors (Lipinski definition) is 5. The number of amides is 1. The van der Waals surface area contributed by atoms with Crippen LogP contribution in [0.4, 0.5) is 5.00 Å². The van der Waals surface area contributed by atoms with Gasteiger partial charge in [-0.05, 0) is 43.2 Å². The maximum absolute atomic E-state index is 13.2. The third-order valence-electron chi connectivity index (χ3n) is 6.07. The lowest BCUT2D eigenvalue weighted by molar-refractivity contribution is -0.151. The van der Waals surface area contributed by atoms with E-state index in [0.29, 0.717) is 17.0 Å². The van der Waals surface area contributed by atoms with Crippen LogP contribution in [0.25, 0.3) is 0 Å². The molecule has 0 saturated heterocycles. The third-order valence-corrected chi connectivity index (χ3v) is 7.12. The van der Waals surface area contributed by atoms with Crippen LogP contribution >= 0.6 is 11.3 Å². The van der Waals surface area contributed by atoms with Crippen LogP contribution in [-0.2, 0) is 20.7 Å². The zero-order valence-corrected chi connectivity index (χ0v) is 18.1. The van der Waals surface area contributed by atoms with Gasteiger partial charge in [0.1, 0.15) is 5.00 Å². The smallest absolute Gasteiger partial charge is 0.341 e. The summed E-state index contributed by atoms with van der Waals surface area (Å²) in [5.41, 5.74) is 1.41. The van der Waals surface area contributed by atoms with Crippen LogP contribution in [0.1, 0.15) is 40.6 Å².